The molecule has 0 aliphatic carbocycles. The van der Waals surface area contributed by atoms with Crippen molar-refractivity contribution < 1.29 is 8.42 Å². The third kappa shape index (κ3) is 6.22. The molecule has 1 atom stereocenters. The Morgan fingerprint density at radius 1 is 0.909 bits per heavy atom. The fraction of sp³-hybridized carbons (Fsp3) is 0.333. The van der Waals surface area contributed by atoms with E-state index >= 15 is 0 Å². The van der Waals surface area contributed by atoms with Crippen molar-refractivity contribution in [1.29, 1.82) is 0 Å². The Morgan fingerprint density at radius 3 is 2.27 bits per heavy atom. The van der Waals surface area contributed by atoms with Gasteiger partial charge in [0, 0.05) is 45.5 Å². The quantitative estimate of drug-likeness (QED) is 0.521. The van der Waals surface area contributed by atoms with Gasteiger partial charge in [0.1, 0.15) is 0 Å². The summed E-state index contributed by atoms with van der Waals surface area (Å²) in [6.07, 6.45) is 1.48. The monoisotopic (exact) mass is 463 g/mol. The van der Waals surface area contributed by atoms with Gasteiger partial charge in [0.05, 0.1) is 5.75 Å². The molecule has 3 aromatic rings. The first-order valence-electron chi connectivity index (χ1n) is 11.5. The normalized spacial score (nSPS) is 15.1. The highest BCUT2D eigenvalue weighted by molar-refractivity contribution is 7.89. The maximum Gasteiger partial charge on any atom is 0.211 e. The van der Waals surface area contributed by atoms with Crippen molar-refractivity contribution in [2.75, 3.05) is 37.8 Å². The molecule has 174 valence electrons. The number of rotatable bonds is 9. The van der Waals surface area contributed by atoms with E-state index in [1.54, 1.807) is 0 Å². The number of nitrogens with one attached hydrogen (secondary N) is 1. The van der Waals surface area contributed by atoms with E-state index in [2.05, 4.69) is 63.1 Å². The third-order valence-corrected chi connectivity index (χ3v) is 7.74. The Kier molecular flexibility index (Phi) is 7.48. The second-order valence-corrected chi connectivity index (χ2v) is 10.8. The number of anilines is 1. The molecule has 1 N–H and O–H groups in total. The van der Waals surface area contributed by atoms with Gasteiger partial charge >= 0.3 is 0 Å². The number of hydrogen-bond donors (Lipinski definition) is 1. The van der Waals surface area contributed by atoms with Gasteiger partial charge in [0.25, 0.3) is 0 Å². The fourth-order valence-electron chi connectivity index (χ4n) is 4.41. The summed E-state index contributed by atoms with van der Waals surface area (Å²) in [5, 5.41) is 0. The summed E-state index contributed by atoms with van der Waals surface area (Å²) in [5.41, 5.74) is 6.01. The van der Waals surface area contributed by atoms with Crippen LogP contribution in [0.1, 0.15) is 28.3 Å². The van der Waals surface area contributed by atoms with Crippen molar-refractivity contribution >= 4 is 15.7 Å². The molecule has 0 aromatic heterocycles. The first kappa shape index (κ1) is 23.5. The van der Waals surface area contributed by atoms with Crippen LogP contribution in [0.2, 0.25) is 0 Å². The van der Waals surface area contributed by atoms with Crippen LogP contribution in [-0.4, -0.2) is 46.3 Å². The summed E-state index contributed by atoms with van der Waals surface area (Å²) in [6, 6.07) is 26.7. The van der Waals surface area contributed by atoms with Crippen LogP contribution in [0.15, 0.2) is 78.9 Å². The second-order valence-electron chi connectivity index (χ2n) is 8.89. The average Bonchev–Trinajstić information content (AvgIpc) is 2.84. The summed E-state index contributed by atoms with van der Waals surface area (Å²) in [6.45, 7) is 2.09. The smallest absolute Gasteiger partial charge is 0.211 e. The minimum Gasteiger partial charge on any atom is -0.378 e. The number of sulfonamides is 1. The topological polar surface area (TPSA) is 52.7 Å². The molecule has 3 aromatic carbocycles. The SMILES string of the molecule is CN(C)c1ccc([C@H](CNS(=O)(=O)CCc2ccccc2)N2CCc3ccccc3C2)cc1. The molecule has 1 heterocycles. The molecule has 0 saturated heterocycles. The van der Waals surface area contributed by atoms with Crippen molar-refractivity contribution in [3.63, 3.8) is 0 Å². The highest BCUT2D eigenvalue weighted by Gasteiger charge is 2.26. The molecular weight excluding hydrogens is 430 g/mol. The van der Waals surface area contributed by atoms with Gasteiger partial charge in [-0.25, -0.2) is 13.1 Å². The van der Waals surface area contributed by atoms with Crippen LogP contribution >= 0.6 is 0 Å². The van der Waals surface area contributed by atoms with Crippen LogP contribution in [0.3, 0.4) is 0 Å². The summed E-state index contributed by atoms with van der Waals surface area (Å²) in [4.78, 5) is 4.47. The first-order chi connectivity index (χ1) is 15.9. The first-order valence-corrected chi connectivity index (χ1v) is 13.2. The molecule has 0 amide bonds. The van der Waals surface area contributed by atoms with Crippen LogP contribution < -0.4 is 9.62 Å². The summed E-state index contributed by atoms with van der Waals surface area (Å²) in [7, 11) is 0.657. The Bertz CT molecular complexity index is 1150. The number of benzene rings is 3. The van der Waals surface area contributed by atoms with Gasteiger partial charge in [-0.15, -0.1) is 0 Å². The van der Waals surface area contributed by atoms with Crippen molar-refractivity contribution in [3.05, 3.63) is 101 Å². The lowest BCUT2D eigenvalue weighted by Crippen LogP contribution is -2.41. The van der Waals surface area contributed by atoms with E-state index in [-0.39, 0.29) is 11.8 Å². The van der Waals surface area contributed by atoms with Gasteiger partial charge in [0.15, 0.2) is 0 Å². The summed E-state index contributed by atoms with van der Waals surface area (Å²) < 4.78 is 28.6. The van der Waals surface area contributed by atoms with E-state index in [0.717, 1.165) is 36.3 Å². The van der Waals surface area contributed by atoms with E-state index in [9.17, 15) is 8.42 Å². The lowest BCUT2D eigenvalue weighted by atomic mass is 9.96. The maximum atomic E-state index is 12.8. The molecule has 5 nitrogen and oxygen atoms in total. The lowest BCUT2D eigenvalue weighted by Gasteiger charge is -2.36. The number of hydrogen-bond acceptors (Lipinski definition) is 4. The van der Waals surface area contributed by atoms with Crippen LogP contribution in [0.5, 0.6) is 0 Å². The van der Waals surface area contributed by atoms with Crippen LogP contribution in [0.25, 0.3) is 0 Å². The molecular formula is C27H33N3O2S. The molecule has 6 heteroatoms. The zero-order valence-electron chi connectivity index (χ0n) is 19.4. The van der Waals surface area contributed by atoms with Crippen molar-refractivity contribution in [2.45, 2.75) is 25.4 Å². The summed E-state index contributed by atoms with van der Waals surface area (Å²) in [5.74, 6) is 0.0894. The molecule has 4 rings (SSSR count). The lowest BCUT2D eigenvalue weighted by molar-refractivity contribution is 0.180. The Balaban J connectivity index is 1.50. The molecule has 0 saturated carbocycles. The van der Waals surface area contributed by atoms with Gasteiger partial charge in [0.2, 0.25) is 10.0 Å². The molecule has 0 radical (unpaired) electrons. The summed E-state index contributed by atoms with van der Waals surface area (Å²) >= 11 is 0. The Morgan fingerprint density at radius 2 is 1.58 bits per heavy atom. The second kappa shape index (κ2) is 10.5. The number of nitrogens with zero attached hydrogens (tertiary/aromatic N) is 2. The molecule has 1 aliphatic rings. The fourth-order valence-corrected chi connectivity index (χ4v) is 5.47. The van der Waals surface area contributed by atoms with Crippen molar-refractivity contribution in [3.8, 4) is 0 Å². The van der Waals surface area contributed by atoms with E-state index in [4.69, 9.17) is 0 Å². The number of aryl methyl sites for hydroxylation is 1. The molecule has 0 bridgehead atoms. The van der Waals surface area contributed by atoms with Gasteiger partial charge in [-0.1, -0.05) is 66.7 Å². The third-order valence-electron chi connectivity index (χ3n) is 6.39. The van der Waals surface area contributed by atoms with Gasteiger partial charge in [-0.3, -0.25) is 4.90 Å². The van der Waals surface area contributed by atoms with E-state index in [1.165, 1.54) is 11.1 Å². The highest BCUT2D eigenvalue weighted by Crippen LogP contribution is 2.29. The predicted molar refractivity (Wildman–Crippen MR) is 136 cm³/mol. The number of fused-ring (bicyclic) bond motifs is 1. The van der Waals surface area contributed by atoms with Gasteiger partial charge in [-0.05, 0) is 47.2 Å². The molecule has 33 heavy (non-hydrogen) atoms. The van der Waals surface area contributed by atoms with Gasteiger partial charge in [-0.2, -0.15) is 0 Å². The van der Waals surface area contributed by atoms with E-state index in [0.29, 0.717) is 13.0 Å². The minimum atomic E-state index is -3.39. The van der Waals surface area contributed by atoms with Crippen LogP contribution in [0.4, 0.5) is 5.69 Å². The molecule has 0 spiro atoms. The Labute approximate surface area is 198 Å². The predicted octanol–water partition coefficient (Wildman–Crippen LogP) is 4.01. The molecule has 1 aliphatic heterocycles. The minimum absolute atomic E-state index is 0.0268. The Hall–Kier alpha value is -2.67. The zero-order chi connectivity index (χ0) is 23.3. The van der Waals surface area contributed by atoms with Crippen LogP contribution in [0, 0.1) is 0 Å². The van der Waals surface area contributed by atoms with E-state index in [1.807, 2.05) is 44.4 Å². The average molecular weight is 464 g/mol. The van der Waals surface area contributed by atoms with Crippen LogP contribution in [-0.2, 0) is 29.4 Å². The largest absolute Gasteiger partial charge is 0.378 e. The zero-order valence-corrected chi connectivity index (χ0v) is 20.3. The maximum absolute atomic E-state index is 12.8. The van der Waals surface area contributed by atoms with Gasteiger partial charge < -0.3 is 4.90 Å². The van der Waals surface area contributed by atoms with Crippen molar-refractivity contribution in [1.82, 2.24) is 9.62 Å². The van der Waals surface area contributed by atoms with E-state index < -0.39 is 10.0 Å². The van der Waals surface area contributed by atoms with Crippen molar-refractivity contribution in [2.24, 2.45) is 0 Å². The highest BCUT2D eigenvalue weighted by atomic mass is 32.2. The standard InChI is InChI=1S/C27H33N3O2S/c1-29(2)26-14-12-24(13-15-26)27(30-18-16-23-10-6-7-11-25(23)21-30)20-28-33(31,32)19-17-22-8-4-3-5-9-22/h3-15,27-28H,16-21H2,1-2H3/t27-/m0/s1. The molecule has 0 fully saturated rings. The molecule has 0 unspecified atom stereocenters.